The molecule has 0 saturated carbocycles. The van der Waals surface area contributed by atoms with Crippen LogP contribution < -0.4 is 0 Å². The molecule has 0 aromatic rings. The molecule has 0 N–H and O–H groups in total. The van der Waals surface area contributed by atoms with Gasteiger partial charge in [0, 0.05) is 5.92 Å². The van der Waals surface area contributed by atoms with E-state index in [0.717, 1.165) is 12.1 Å². The van der Waals surface area contributed by atoms with Crippen LogP contribution in [0, 0.1) is 5.92 Å². The highest BCUT2D eigenvalue weighted by Gasteiger charge is 2.43. The van der Waals surface area contributed by atoms with Gasteiger partial charge in [0.05, 0.1) is 6.54 Å². The van der Waals surface area contributed by atoms with Gasteiger partial charge in [-0.05, 0) is 33.9 Å². The van der Waals surface area contributed by atoms with Crippen LogP contribution in [0.5, 0.6) is 0 Å². The van der Waals surface area contributed by atoms with E-state index in [9.17, 15) is 8.78 Å². The monoisotopic (exact) mass is 189 g/mol. The van der Waals surface area contributed by atoms with Gasteiger partial charge in [0.2, 0.25) is 0 Å². The number of hydrogen-bond donors (Lipinski definition) is 0. The summed E-state index contributed by atoms with van der Waals surface area (Å²) >= 11 is 0. The molecule has 0 amide bonds. The summed E-state index contributed by atoms with van der Waals surface area (Å²) in [5, 5.41) is 0. The lowest BCUT2D eigenvalue weighted by Crippen LogP contribution is -2.47. The second-order valence-electron chi connectivity index (χ2n) is 3.87. The van der Waals surface area contributed by atoms with Gasteiger partial charge < -0.3 is 4.90 Å². The van der Waals surface area contributed by atoms with Crippen molar-refractivity contribution in [1.82, 2.24) is 4.90 Å². The molecule has 0 aliphatic carbocycles. The Morgan fingerprint density at radius 2 is 2.15 bits per heavy atom. The van der Waals surface area contributed by atoms with Gasteiger partial charge in [-0.3, -0.25) is 0 Å². The second kappa shape index (κ2) is 3.74. The molecule has 0 spiro atoms. The van der Waals surface area contributed by atoms with Crippen molar-refractivity contribution >= 4 is 0 Å². The van der Waals surface area contributed by atoms with Gasteiger partial charge in [0.15, 0.2) is 0 Å². The third-order valence-corrected chi connectivity index (χ3v) is 2.80. The minimum atomic E-state index is -2.55. The van der Waals surface area contributed by atoms with Crippen LogP contribution in [0.25, 0.3) is 0 Å². The fourth-order valence-corrected chi connectivity index (χ4v) is 1.87. The largest absolute Gasteiger partial charge is 0.301 e. The summed E-state index contributed by atoms with van der Waals surface area (Å²) < 4.78 is 26.9. The maximum atomic E-state index is 13.5. The summed E-state index contributed by atoms with van der Waals surface area (Å²) in [6.07, 6.45) is 2.36. The van der Waals surface area contributed by atoms with Crippen molar-refractivity contribution in [2.75, 3.05) is 20.1 Å². The Morgan fingerprint density at radius 1 is 1.54 bits per heavy atom. The number of allylic oxidation sites excluding steroid dienone is 2. The minimum Gasteiger partial charge on any atom is -0.301 e. The van der Waals surface area contributed by atoms with E-state index < -0.39 is 11.8 Å². The number of halogens is 2. The fourth-order valence-electron chi connectivity index (χ4n) is 1.87. The third kappa shape index (κ3) is 2.27. The fraction of sp³-hybridized carbons (Fsp3) is 0.800. The molecule has 1 rings (SSSR count). The summed E-state index contributed by atoms with van der Waals surface area (Å²) in [6.45, 7) is 4.28. The van der Waals surface area contributed by atoms with Gasteiger partial charge >= 0.3 is 0 Å². The van der Waals surface area contributed by atoms with E-state index in [1.54, 1.807) is 24.9 Å². The first-order valence-corrected chi connectivity index (χ1v) is 4.66. The van der Waals surface area contributed by atoms with Gasteiger partial charge in [0.25, 0.3) is 5.92 Å². The number of hydrogen-bond acceptors (Lipinski definition) is 1. The predicted molar refractivity (Wildman–Crippen MR) is 50.0 cm³/mol. The highest BCUT2D eigenvalue weighted by molar-refractivity contribution is 5.09. The number of likely N-dealkylation sites (tertiary alicyclic amines) is 1. The van der Waals surface area contributed by atoms with Crippen LogP contribution in [0.4, 0.5) is 8.78 Å². The molecule has 1 fully saturated rings. The molecule has 1 atom stereocenters. The number of rotatable bonds is 1. The van der Waals surface area contributed by atoms with E-state index in [4.69, 9.17) is 0 Å². The molecule has 0 aromatic carbocycles. The van der Waals surface area contributed by atoms with Crippen molar-refractivity contribution in [3.05, 3.63) is 11.6 Å². The maximum Gasteiger partial charge on any atom is 0.266 e. The van der Waals surface area contributed by atoms with Crippen LogP contribution >= 0.6 is 0 Å². The van der Waals surface area contributed by atoms with Crippen LogP contribution in [0.2, 0.25) is 0 Å². The van der Waals surface area contributed by atoms with Crippen molar-refractivity contribution < 1.29 is 8.78 Å². The first-order valence-electron chi connectivity index (χ1n) is 4.66. The van der Waals surface area contributed by atoms with Crippen molar-refractivity contribution in [3.63, 3.8) is 0 Å². The lowest BCUT2D eigenvalue weighted by atomic mass is 9.87. The molecule has 1 saturated heterocycles. The van der Waals surface area contributed by atoms with Gasteiger partial charge in [-0.15, -0.1) is 0 Å². The van der Waals surface area contributed by atoms with E-state index in [0.29, 0.717) is 6.42 Å². The Labute approximate surface area is 78.4 Å². The van der Waals surface area contributed by atoms with Gasteiger partial charge in [-0.1, -0.05) is 11.6 Å². The molecule has 0 radical (unpaired) electrons. The van der Waals surface area contributed by atoms with E-state index in [2.05, 4.69) is 0 Å². The average Bonchev–Trinajstić information content (AvgIpc) is 2.01. The number of nitrogens with zero attached hydrogens (tertiary/aromatic N) is 1. The van der Waals surface area contributed by atoms with Crippen molar-refractivity contribution in [2.45, 2.75) is 26.2 Å². The Bertz CT molecular complexity index is 211. The molecular weight excluding hydrogens is 172 g/mol. The molecule has 13 heavy (non-hydrogen) atoms. The summed E-state index contributed by atoms with van der Waals surface area (Å²) in [5.41, 5.74) is 0.818. The Morgan fingerprint density at radius 3 is 2.62 bits per heavy atom. The van der Waals surface area contributed by atoms with Crippen molar-refractivity contribution in [1.29, 1.82) is 0 Å². The topological polar surface area (TPSA) is 3.24 Å². The molecule has 76 valence electrons. The smallest absolute Gasteiger partial charge is 0.266 e. The first-order chi connectivity index (χ1) is 5.97. The molecule has 0 unspecified atom stereocenters. The van der Waals surface area contributed by atoms with E-state index in [1.807, 2.05) is 6.92 Å². The van der Waals surface area contributed by atoms with Crippen LogP contribution in [0.15, 0.2) is 11.6 Å². The minimum absolute atomic E-state index is 0.108. The molecular formula is C10H17F2N. The zero-order valence-corrected chi connectivity index (χ0v) is 8.48. The quantitative estimate of drug-likeness (QED) is 0.573. The van der Waals surface area contributed by atoms with Crippen LogP contribution in [0.1, 0.15) is 20.3 Å². The predicted octanol–water partition coefficient (Wildman–Crippen LogP) is 2.54. The second-order valence-corrected chi connectivity index (χ2v) is 3.87. The zero-order valence-electron chi connectivity index (χ0n) is 8.48. The van der Waals surface area contributed by atoms with Crippen LogP contribution in [-0.2, 0) is 0 Å². The van der Waals surface area contributed by atoms with Crippen molar-refractivity contribution in [2.24, 2.45) is 5.92 Å². The zero-order chi connectivity index (χ0) is 10.1. The molecule has 0 bridgehead atoms. The van der Waals surface area contributed by atoms with Gasteiger partial charge in [-0.25, -0.2) is 8.78 Å². The van der Waals surface area contributed by atoms with Crippen molar-refractivity contribution in [3.8, 4) is 0 Å². The maximum absolute atomic E-state index is 13.5. The molecule has 1 heterocycles. The molecule has 0 aromatic heterocycles. The van der Waals surface area contributed by atoms with E-state index in [1.165, 1.54) is 0 Å². The van der Waals surface area contributed by atoms with E-state index in [-0.39, 0.29) is 6.54 Å². The average molecular weight is 189 g/mol. The van der Waals surface area contributed by atoms with Gasteiger partial charge in [-0.2, -0.15) is 0 Å². The number of piperidine rings is 1. The first kappa shape index (κ1) is 10.6. The molecule has 3 heteroatoms. The summed E-state index contributed by atoms with van der Waals surface area (Å²) in [6, 6.07) is 0. The van der Waals surface area contributed by atoms with Crippen LogP contribution in [-0.4, -0.2) is 31.0 Å². The van der Waals surface area contributed by atoms with Gasteiger partial charge in [0.1, 0.15) is 0 Å². The standard InChI is InChI=1S/C10H17F2N/c1-4-8(2)9-5-6-13(3)7-10(9,11)12/h4,9H,5-7H2,1-3H3/b8-4+/t9-/m1/s1. The summed E-state index contributed by atoms with van der Waals surface area (Å²) in [5.74, 6) is -3.10. The van der Waals surface area contributed by atoms with E-state index >= 15 is 0 Å². The lowest BCUT2D eigenvalue weighted by molar-refractivity contribution is -0.0921. The van der Waals surface area contributed by atoms with Crippen LogP contribution in [0.3, 0.4) is 0 Å². The highest BCUT2D eigenvalue weighted by Crippen LogP contribution is 2.36. The lowest BCUT2D eigenvalue weighted by Gasteiger charge is -2.37. The highest BCUT2D eigenvalue weighted by atomic mass is 19.3. The Kier molecular flexibility index (Phi) is 3.06. The number of alkyl halides is 2. The Hall–Kier alpha value is -0.440. The molecule has 1 nitrogen and oxygen atoms in total. The summed E-state index contributed by atoms with van der Waals surface area (Å²) in [4.78, 5) is 1.69. The normalized spacial score (nSPS) is 30.5. The molecule has 1 aliphatic rings. The SMILES string of the molecule is C/C=C(\C)[C@H]1CCN(C)CC1(F)F. The third-order valence-electron chi connectivity index (χ3n) is 2.80. The summed E-state index contributed by atoms with van der Waals surface area (Å²) in [7, 11) is 1.75. The molecule has 1 aliphatic heterocycles. The Balaban J connectivity index is 2.75.